The maximum absolute atomic E-state index is 12.0. The number of phenolic OH excluding ortho intramolecular Hbond substituents is 2. The van der Waals surface area contributed by atoms with E-state index >= 15 is 0 Å². The second-order valence-electron chi connectivity index (χ2n) is 4.88. The Hall–Kier alpha value is -2.52. The van der Waals surface area contributed by atoms with E-state index in [1.54, 1.807) is 0 Å². The first kappa shape index (κ1) is 24.5. The van der Waals surface area contributed by atoms with Gasteiger partial charge in [-0.15, -0.1) is 0 Å². The second-order valence-corrected chi connectivity index (χ2v) is 4.88. The quantitative estimate of drug-likeness (QED) is 0.332. The van der Waals surface area contributed by atoms with Crippen molar-refractivity contribution in [2.45, 2.75) is 0 Å². The third kappa shape index (κ3) is 14.3. The van der Waals surface area contributed by atoms with E-state index in [4.69, 9.17) is 10.2 Å². The average Bonchev–Trinajstić information content (AvgIpc) is 3.39. The molecule has 2 N–H and O–H groups in total. The molecule has 27 heavy (non-hydrogen) atoms. The first-order chi connectivity index (χ1) is 12.6. The van der Waals surface area contributed by atoms with Gasteiger partial charge in [-0.05, 0) is 48.5 Å². The summed E-state index contributed by atoms with van der Waals surface area (Å²) in [5.74, 6) is -0.483. The molecule has 0 spiro atoms. The monoisotopic (exact) mass is 444 g/mol. The Labute approximate surface area is 177 Å². The topological polar surface area (TPSA) is 40.5 Å². The van der Waals surface area contributed by atoms with Crippen LogP contribution in [-0.2, 0) is 26.2 Å². The Balaban J connectivity index is 0.000000337. The summed E-state index contributed by atoms with van der Waals surface area (Å²) in [6.45, 7) is 0. The molecule has 5 heteroatoms. The van der Waals surface area contributed by atoms with Crippen LogP contribution >= 0.6 is 0 Å². The molecule has 0 fully saturated rings. The van der Waals surface area contributed by atoms with Gasteiger partial charge in [0, 0.05) is 0 Å². The fourth-order valence-corrected chi connectivity index (χ4v) is 1.52. The standard InChI is InChI=1S/2C6H5FO.2C5H5.Zr/c2*7-5-1-3-6(8)4-2-5;2*1-2-4-5-3-1;/h2*1-4,8H;2*1-5H;/q;;2*-1;+2. The molecule has 0 heterocycles. The Morgan fingerprint density at radius 2 is 0.778 bits per heavy atom. The number of halogens is 2. The van der Waals surface area contributed by atoms with Crippen LogP contribution in [0.3, 0.4) is 0 Å². The smallest absolute Gasteiger partial charge is 0.508 e. The van der Waals surface area contributed by atoms with Gasteiger partial charge in [0.2, 0.25) is 0 Å². The Bertz CT molecular complexity index is 620. The third-order valence-electron chi connectivity index (χ3n) is 2.76. The largest absolute Gasteiger partial charge is 2.00 e. The second kappa shape index (κ2) is 15.7. The molecule has 2 nitrogen and oxygen atoms in total. The summed E-state index contributed by atoms with van der Waals surface area (Å²) in [7, 11) is 0. The van der Waals surface area contributed by atoms with Crippen LogP contribution in [0.4, 0.5) is 8.78 Å². The van der Waals surface area contributed by atoms with Crippen molar-refractivity contribution in [3.63, 3.8) is 0 Å². The Morgan fingerprint density at radius 1 is 0.519 bits per heavy atom. The maximum Gasteiger partial charge on any atom is 2.00 e. The summed E-state index contributed by atoms with van der Waals surface area (Å²) in [5.41, 5.74) is 0. The van der Waals surface area contributed by atoms with Crippen LogP contribution in [-0.4, -0.2) is 10.2 Å². The van der Waals surface area contributed by atoms with Gasteiger partial charge in [-0.2, -0.15) is 36.4 Å². The van der Waals surface area contributed by atoms with Crippen LogP contribution in [0.5, 0.6) is 11.5 Å². The minimum absolute atomic E-state index is 0. The van der Waals surface area contributed by atoms with E-state index in [2.05, 4.69) is 0 Å². The van der Waals surface area contributed by atoms with Gasteiger partial charge in [-0.3, -0.25) is 0 Å². The summed E-state index contributed by atoms with van der Waals surface area (Å²) in [6, 6.07) is 30.0. The van der Waals surface area contributed by atoms with Crippen molar-refractivity contribution in [1.82, 2.24) is 0 Å². The van der Waals surface area contributed by atoms with Crippen LogP contribution in [0.1, 0.15) is 0 Å². The van der Waals surface area contributed by atoms with Crippen LogP contribution in [0.15, 0.2) is 109 Å². The summed E-state index contributed by atoms with van der Waals surface area (Å²) in [5, 5.41) is 17.2. The molecule has 0 bridgehead atoms. The average molecular weight is 446 g/mol. The molecule has 0 aliphatic carbocycles. The maximum atomic E-state index is 12.0. The van der Waals surface area contributed by atoms with Crippen LogP contribution < -0.4 is 0 Å². The first-order valence-electron chi connectivity index (χ1n) is 7.80. The molecular formula is C22H20F2O2Zr. The molecular weight excluding hydrogens is 425 g/mol. The predicted octanol–water partition coefficient (Wildman–Crippen LogP) is 5.87. The zero-order chi connectivity index (χ0) is 19.0. The number of hydrogen-bond acceptors (Lipinski definition) is 2. The molecule has 0 radical (unpaired) electrons. The molecule has 0 unspecified atom stereocenters. The Morgan fingerprint density at radius 3 is 0.926 bits per heavy atom. The van der Waals surface area contributed by atoms with Gasteiger partial charge in [0.05, 0.1) is 0 Å². The van der Waals surface area contributed by atoms with E-state index < -0.39 is 0 Å². The predicted molar refractivity (Wildman–Crippen MR) is 100 cm³/mol. The minimum atomic E-state index is -0.331. The molecule has 4 aromatic rings. The van der Waals surface area contributed by atoms with Crippen LogP contribution in [0.25, 0.3) is 0 Å². The molecule has 4 rings (SSSR count). The molecule has 138 valence electrons. The zero-order valence-electron chi connectivity index (χ0n) is 14.5. The SMILES string of the molecule is Oc1ccc(F)cc1.Oc1ccc(F)cc1.[Zr+2].c1cc[cH-]c1.c1cc[cH-]c1. The molecule has 4 aromatic carbocycles. The summed E-state index contributed by atoms with van der Waals surface area (Å²) in [4.78, 5) is 0. The summed E-state index contributed by atoms with van der Waals surface area (Å²) >= 11 is 0. The third-order valence-corrected chi connectivity index (χ3v) is 2.76. The fourth-order valence-electron chi connectivity index (χ4n) is 1.52. The number of rotatable bonds is 0. The molecule has 0 aliphatic heterocycles. The molecule has 0 aromatic heterocycles. The van der Waals surface area contributed by atoms with E-state index in [0.717, 1.165) is 0 Å². The van der Waals surface area contributed by atoms with Gasteiger partial charge in [-0.1, -0.05) is 0 Å². The number of benzene rings is 2. The number of hydrogen-bond donors (Lipinski definition) is 2. The number of phenols is 2. The van der Waals surface area contributed by atoms with Crippen LogP contribution in [0, 0.1) is 11.6 Å². The fraction of sp³-hybridized carbons (Fsp3) is 0. The van der Waals surface area contributed by atoms with Gasteiger partial charge in [0.25, 0.3) is 0 Å². The van der Waals surface area contributed by atoms with Crippen LogP contribution in [0.2, 0.25) is 0 Å². The molecule has 0 atom stereocenters. The van der Waals surface area contributed by atoms with E-state index in [9.17, 15) is 8.78 Å². The van der Waals surface area contributed by atoms with Gasteiger partial charge < -0.3 is 10.2 Å². The summed E-state index contributed by atoms with van der Waals surface area (Å²) < 4.78 is 24.0. The first-order valence-corrected chi connectivity index (χ1v) is 7.80. The zero-order valence-corrected chi connectivity index (χ0v) is 17.0. The van der Waals surface area contributed by atoms with Crippen molar-refractivity contribution in [3.8, 4) is 11.5 Å². The number of aromatic hydroxyl groups is 2. The van der Waals surface area contributed by atoms with Crippen molar-refractivity contribution in [2.24, 2.45) is 0 Å². The molecule has 0 saturated carbocycles. The van der Waals surface area contributed by atoms with Crippen molar-refractivity contribution in [1.29, 1.82) is 0 Å². The molecule has 0 amide bonds. The van der Waals surface area contributed by atoms with Crippen molar-refractivity contribution >= 4 is 0 Å². The summed E-state index contributed by atoms with van der Waals surface area (Å²) in [6.07, 6.45) is 0. The minimum Gasteiger partial charge on any atom is -0.508 e. The molecule has 0 aliphatic rings. The van der Waals surface area contributed by atoms with Gasteiger partial charge >= 0.3 is 26.2 Å². The van der Waals surface area contributed by atoms with Crippen molar-refractivity contribution < 1.29 is 45.2 Å². The van der Waals surface area contributed by atoms with Gasteiger partial charge in [0.1, 0.15) is 23.1 Å². The Kier molecular flexibility index (Phi) is 14.3. The van der Waals surface area contributed by atoms with E-state index in [1.807, 2.05) is 60.7 Å². The van der Waals surface area contributed by atoms with Gasteiger partial charge in [0.15, 0.2) is 0 Å². The van der Waals surface area contributed by atoms with Crippen molar-refractivity contribution in [3.05, 3.63) is 121 Å². The van der Waals surface area contributed by atoms with E-state index in [1.165, 1.54) is 48.5 Å². The normalized spacial score (nSPS) is 8.37. The van der Waals surface area contributed by atoms with E-state index in [-0.39, 0.29) is 49.3 Å². The van der Waals surface area contributed by atoms with Gasteiger partial charge in [-0.25, -0.2) is 33.0 Å². The van der Waals surface area contributed by atoms with E-state index in [0.29, 0.717) is 0 Å². The van der Waals surface area contributed by atoms with Crippen molar-refractivity contribution in [2.75, 3.05) is 0 Å². The molecule has 0 saturated heterocycles.